The SMILES string of the molecule is O=C(Nc1ccncc1)C1CCN(c2cc(-n3cncn3)ncn2)CC1. The van der Waals surface area contributed by atoms with Gasteiger partial charge in [-0.05, 0) is 25.0 Å². The highest BCUT2D eigenvalue weighted by Gasteiger charge is 2.26. The molecule has 0 aromatic carbocycles. The third-order valence-electron chi connectivity index (χ3n) is 4.43. The Hall–Kier alpha value is -3.36. The lowest BCUT2D eigenvalue weighted by molar-refractivity contribution is -0.120. The summed E-state index contributed by atoms with van der Waals surface area (Å²) in [5.41, 5.74) is 0.778. The predicted molar refractivity (Wildman–Crippen MR) is 94.8 cm³/mol. The van der Waals surface area contributed by atoms with Crippen molar-refractivity contribution in [3.63, 3.8) is 0 Å². The van der Waals surface area contributed by atoms with Gasteiger partial charge in [-0.15, -0.1) is 0 Å². The molecule has 4 heterocycles. The first-order valence-electron chi connectivity index (χ1n) is 8.42. The van der Waals surface area contributed by atoms with Gasteiger partial charge in [-0.1, -0.05) is 0 Å². The maximum absolute atomic E-state index is 12.4. The quantitative estimate of drug-likeness (QED) is 0.757. The van der Waals surface area contributed by atoms with Gasteiger partial charge in [-0.2, -0.15) is 5.10 Å². The van der Waals surface area contributed by atoms with Crippen molar-refractivity contribution >= 4 is 17.4 Å². The molecule has 3 aromatic rings. The van der Waals surface area contributed by atoms with Crippen molar-refractivity contribution in [3.05, 3.63) is 49.6 Å². The fourth-order valence-electron chi connectivity index (χ4n) is 3.01. The molecule has 0 bridgehead atoms. The lowest BCUT2D eigenvalue weighted by Gasteiger charge is -2.32. The molecule has 0 radical (unpaired) electrons. The minimum atomic E-state index is -0.00367. The standard InChI is InChI=1S/C17H18N8O/c26-17(23-14-1-5-18-6-2-14)13-3-7-24(8-4-13)15-9-16(21-11-20-15)25-12-19-10-22-25/h1-2,5-6,9-13H,3-4,7-8H2,(H,18,23,26). The zero-order chi connectivity index (χ0) is 17.8. The number of amides is 1. The molecular formula is C17H18N8O. The summed E-state index contributed by atoms with van der Waals surface area (Å²) in [7, 11) is 0. The van der Waals surface area contributed by atoms with E-state index in [1.54, 1.807) is 35.5 Å². The maximum atomic E-state index is 12.4. The van der Waals surface area contributed by atoms with Gasteiger partial charge in [0.25, 0.3) is 0 Å². The van der Waals surface area contributed by atoms with E-state index in [2.05, 4.69) is 35.3 Å². The van der Waals surface area contributed by atoms with E-state index >= 15 is 0 Å². The Labute approximate surface area is 150 Å². The minimum absolute atomic E-state index is 0.00367. The molecule has 0 aliphatic carbocycles. The number of pyridine rings is 1. The molecule has 0 saturated carbocycles. The van der Waals surface area contributed by atoms with E-state index in [0.29, 0.717) is 5.82 Å². The zero-order valence-electron chi connectivity index (χ0n) is 14.1. The van der Waals surface area contributed by atoms with Crippen molar-refractivity contribution in [2.45, 2.75) is 12.8 Å². The van der Waals surface area contributed by atoms with Crippen LogP contribution < -0.4 is 10.2 Å². The van der Waals surface area contributed by atoms with Crippen LogP contribution in [-0.2, 0) is 4.79 Å². The second-order valence-corrected chi connectivity index (χ2v) is 6.06. The number of rotatable bonds is 4. The Morgan fingerprint density at radius 3 is 2.54 bits per heavy atom. The Bertz CT molecular complexity index is 859. The van der Waals surface area contributed by atoms with Crippen molar-refractivity contribution in [3.8, 4) is 5.82 Å². The van der Waals surface area contributed by atoms with Crippen molar-refractivity contribution in [1.82, 2.24) is 29.7 Å². The summed E-state index contributed by atoms with van der Waals surface area (Å²) in [6.45, 7) is 1.53. The third-order valence-corrected chi connectivity index (χ3v) is 4.43. The largest absolute Gasteiger partial charge is 0.356 e. The van der Waals surface area contributed by atoms with Gasteiger partial charge in [0, 0.05) is 43.2 Å². The molecule has 0 spiro atoms. The highest BCUT2D eigenvalue weighted by atomic mass is 16.1. The Kier molecular flexibility index (Phi) is 4.50. The summed E-state index contributed by atoms with van der Waals surface area (Å²) in [6, 6.07) is 5.46. The molecule has 1 aliphatic heterocycles. The summed E-state index contributed by atoms with van der Waals surface area (Å²) in [6.07, 6.45) is 9.48. The van der Waals surface area contributed by atoms with Crippen LogP contribution in [0.2, 0.25) is 0 Å². The Morgan fingerprint density at radius 2 is 1.81 bits per heavy atom. The van der Waals surface area contributed by atoms with Crippen LogP contribution >= 0.6 is 0 Å². The lowest BCUT2D eigenvalue weighted by Crippen LogP contribution is -2.38. The van der Waals surface area contributed by atoms with Crippen LogP contribution in [0.4, 0.5) is 11.5 Å². The highest BCUT2D eigenvalue weighted by molar-refractivity contribution is 5.92. The Balaban J connectivity index is 1.38. The molecule has 3 aromatic heterocycles. The summed E-state index contributed by atoms with van der Waals surface area (Å²) < 4.78 is 1.60. The number of nitrogens with one attached hydrogen (secondary N) is 1. The van der Waals surface area contributed by atoms with Crippen LogP contribution in [0.5, 0.6) is 0 Å². The fraction of sp³-hybridized carbons (Fsp3) is 0.294. The molecule has 26 heavy (non-hydrogen) atoms. The molecule has 1 fully saturated rings. The van der Waals surface area contributed by atoms with Gasteiger partial charge in [0.2, 0.25) is 5.91 Å². The number of carbonyl (C=O) groups excluding carboxylic acids is 1. The number of aromatic nitrogens is 6. The van der Waals surface area contributed by atoms with E-state index in [-0.39, 0.29) is 11.8 Å². The average Bonchev–Trinajstić information content (AvgIpc) is 3.24. The molecule has 1 saturated heterocycles. The van der Waals surface area contributed by atoms with Crippen LogP contribution in [0.25, 0.3) is 5.82 Å². The lowest BCUT2D eigenvalue weighted by atomic mass is 9.96. The van der Waals surface area contributed by atoms with Crippen molar-refractivity contribution in [2.75, 3.05) is 23.3 Å². The van der Waals surface area contributed by atoms with Gasteiger partial charge < -0.3 is 10.2 Å². The van der Waals surface area contributed by atoms with Crippen molar-refractivity contribution in [2.24, 2.45) is 5.92 Å². The summed E-state index contributed by atoms with van der Waals surface area (Å²) in [5, 5.41) is 7.04. The number of carbonyl (C=O) groups is 1. The van der Waals surface area contributed by atoms with Crippen molar-refractivity contribution in [1.29, 1.82) is 0 Å². The number of anilines is 2. The first-order valence-corrected chi connectivity index (χ1v) is 8.42. The molecule has 9 heteroatoms. The fourth-order valence-corrected chi connectivity index (χ4v) is 3.01. The minimum Gasteiger partial charge on any atom is -0.356 e. The summed E-state index contributed by atoms with van der Waals surface area (Å²) in [4.78, 5) is 31.1. The normalized spacial score (nSPS) is 15.0. The highest BCUT2D eigenvalue weighted by Crippen LogP contribution is 2.23. The second-order valence-electron chi connectivity index (χ2n) is 6.06. The monoisotopic (exact) mass is 350 g/mol. The van der Waals surface area contributed by atoms with E-state index in [9.17, 15) is 4.79 Å². The van der Waals surface area contributed by atoms with Gasteiger partial charge in [0.05, 0.1) is 0 Å². The molecule has 9 nitrogen and oxygen atoms in total. The van der Waals surface area contributed by atoms with E-state index in [0.717, 1.165) is 37.4 Å². The van der Waals surface area contributed by atoms with Gasteiger partial charge in [0.1, 0.15) is 24.8 Å². The Morgan fingerprint density at radius 1 is 1.04 bits per heavy atom. The predicted octanol–water partition coefficient (Wildman–Crippen LogP) is 1.31. The molecule has 0 atom stereocenters. The first kappa shape index (κ1) is 16.1. The molecule has 1 aliphatic rings. The van der Waals surface area contributed by atoms with Gasteiger partial charge in [0.15, 0.2) is 5.82 Å². The number of nitrogens with zero attached hydrogens (tertiary/aromatic N) is 7. The summed E-state index contributed by atoms with van der Waals surface area (Å²) >= 11 is 0. The van der Waals surface area contributed by atoms with Gasteiger partial charge in [-0.3, -0.25) is 9.78 Å². The van der Waals surface area contributed by atoms with Gasteiger partial charge in [-0.25, -0.2) is 19.6 Å². The number of piperidine rings is 1. The molecule has 1 N–H and O–H groups in total. The van der Waals surface area contributed by atoms with Crippen LogP contribution in [-0.4, -0.2) is 48.7 Å². The molecule has 1 amide bonds. The average molecular weight is 350 g/mol. The number of hydrogen-bond acceptors (Lipinski definition) is 7. The molecule has 132 valence electrons. The topological polar surface area (TPSA) is 102 Å². The molecule has 0 unspecified atom stereocenters. The van der Waals surface area contributed by atoms with E-state index in [1.165, 1.54) is 12.7 Å². The first-order chi connectivity index (χ1) is 12.8. The van der Waals surface area contributed by atoms with Gasteiger partial charge >= 0.3 is 0 Å². The van der Waals surface area contributed by atoms with Crippen molar-refractivity contribution < 1.29 is 4.79 Å². The van der Waals surface area contributed by atoms with Crippen LogP contribution in [0.3, 0.4) is 0 Å². The van der Waals surface area contributed by atoms with E-state index in [1.807, 2.05) is 6.07 Å². The van der Waals surface area contributed by atoms with Crippen LogP contribution in [0.15, 0.2) is 49.6 Å². The molecule has 4 rings (SSSR count). The third kappa shape index (κ3) is 3.51. The van der Waals surface area contributed by atoms with Crippen LogP contribution in [0.1, 0.15) is 12.8 Å². The zero-order valence-corrected chi connectivity index (χ0v) is 14.1. The van der Waals surface area contributed by atoms with Crippen LogP contribution in [0, 0.1) is 5.92 Å². The smallest absolute Gasteiger partial charge is 0.227 e. The molecular weight excluding hydrogens is 332 g/mol. The second kappa shape index (κ2) is 7.26. The summed E-state index contributed by atoms with van der Waals surface area (Å²) in [5.74, 6) is 1.56. The van der Waals surface area contributed by atoms with E-state index < -0.39 is 0 Å². The number of hydrogen-bond donors (Lipinski definition) is 1. The maximum Gasteiger partial charge on any atom is 0.227 e. The van der Waals surface area contributed by atoms with E-state index in [4.69, 9.17) is 0 Å².